The minimum absolute atomic E-state index is 0.367. The quantitative estimate of drug-likeness (QED) is 0.730. The number of hydrogen-bond acceptors (Lipinski definition) is 2. The first-order valence-electron chi connectivity index (χ1n) is 4.64. The Morgan fingerprint density at radius 2 is 1.94 bits per heavy atom. The van der Waals surface area contributed by atoms with Crippen molar-refractivity contribution in [3.05, 3.63) is 61.5 Å². The smallest absolute Gasteiger partial charge is 0.360 e. The molecule has 0 fully saturated rings. The number of hydrogen-bond donors (Lipinski definition) is 1. The van der Waals surface area contributed by atoms with Gasteiger partial charge in [-0.2, -0.15) is 0 Å². The summed E-state index contributed by atoms with van der Waals surface area (Å²) in [6, 6.07) is 11.5. The molecule has 0 aliphatic carbocycles. The second-order valence-electron chi connectivity index (χ2n) is 3.05. The molecule has 0 bridgehead atoms. The molecule has 4 heteroatoms. The van der Waals surface area contributed by atoms with E-state index < -0.39 is 27.2 Å². The molecule has 1 aromatic heterocycles. The van der Waals surface area contributed by atoms with Gasteiger partial charge < -0.3 is 5.11 Å². The van der Waals surface area contributed by atoms with Crippen LogP contribution in [0, 0.1) is 7.14 Å². The molecule has 1 aromatic carbocycles. The van der Waals surface area contributed by atoms with E-state index in [1.54, 1.807) is 12.3 Å². The molecule has 0 aliphatic heterocycles. The summed E-state index contributed by atoms with van der Waals surface area (Å²) in [6.45, 7) is 0. The number of rotatable bonds is 3. The summed E-state index contributed by atoms with van der Waals surface area (Å²) in [4.78, 5) is 15.0. The highest BCUT2D eigenvalue weighted by molar-refractivity contribution is 5.87. The molecule has 0 saturated heterocycles. The minimum atomic E-state index is -0.881. The zero-order valence-electron chi connectivity index (χ0n) is 8.30. The molecule has 2 rings (SSSR count). The fourth-order valence-corrected chi connectivity index (χ4v) is 3.67. The van der Waals surface area contributed by atoms with Crippen LogP contribution in [0.2, 0.25) is 0 Å². The van der Waals surface area contributed by atoms with Crippen molar-refractivity contribution in [2.45, 2.75) is 0 Å². The van der Waals surface area contributed by atoms with Gasteiger partial charge in [0.2, 0.25) is 3.57 Å². The minimum Gasteiger partial charge on any atom is -0.478 e. The van der Waals surface area contributed by atoms with Gasteiger partial charge in [0.15, 0.2) is 3.57 Å². The molecule has 1 heterocycles. The summed E-state index contributed by atoms with van der Waals surface area (Å²) in [6.07, 6.45) is 3.17. The van der Waals surface area contributed by atoms with Crippen LogP contribution in [0.5, 0.6) is 0 Å². The van der Waals surface area contributed by atoms with E-state index in [0.29, 0.717) is 5.56 Å². The van der Waals surface area contributed by atoms with Gasteiger partial charge in [0.1, 0.15) is 5.56 Å². The third-order valence-corrected chi connectivity index (χ3v) is 4.73. The highest BCUT2D eigenvalue weighted by Crippen LogP contribution is 1.95. The van der Waals surface area contributed by atoms with Crippen molar-refractivity contribution in [1.82, 2.24) is 4.98 Å². The number of pyridine rings is 1. The Kier molecular flexibility index (Phi) is 3.51. The van der Waals surface area contributed by atoms with Gasteiger partial charge in [0, 0.05) is 6.20 Å². The molecule has 16 heavy (non-hydrogen) atoms. The molecule has 0 radical (unpaired) electrons. The van der Waals surface area contributed by atoms with Crippen LogP contribution >= 0.6 is 0 Å². The summed E-state index contributed by atoms with van der Waals surface area (Å²) >= 11 is -0.470. The Morgan fingerprint density at radius 1 is 1.19 bits per heavy atom. The van der Waals surface area contributed by atoms with Crippen molar-refractivity contribution in [1.29, 1.82) is 0 Å². The lowest BCUT2D eigenvalue weighted by molar-refractivity contribution is -0.598. The molecule has 0 spiro atoms. The molecule has 3 nitrogen and oxygen atoms in total. The van der Waals surface area contributed by atoms with Crippen molar-refractivity contribution < 1.29 is 31.1 Å². The van der Waals surface area contributed by atoms with E-state index in [-0.39, 0.29) is 0 Å². The van der Waals surface area contributed by atoms with Gasteiger partial charge in [0.05, 0.1) is 6.20 Å². The summed E-state index contributed by atoms with van der Waals surface area (Å²) in [5.74, 6) is -0.881. The number of halogens is 1. The normalized spacial score (nSPS) is 10.0. The zero-order chi connectivity index (χ0) is 11.4. The Morgan fingerprint density at radius 3 is 2.62 bits per heavy atom. The van der Waals surface area contributed by atoms with Gasteiger partial charge in [-0.15, -0.1) is 0 Å². The summed E-state index contributed by atoms with van der Waals surface area (Å²) in [7, 11) is 0. The molecule has 0 unspecified atom stereocenters. The van der Waals surface area contributed by atoms with Crippen molar-refractivity contribution in [3.63, 3.8) is 0 Å². The van der Waals surface area contributed by atoms with Gasteiger partial charge in [-0.3, -0.25) is 4.98 Å². The van der Waals surface area contributed by atoms with Gasteiger partial charge >= 0.3 is 27.2 Å². The molecular formula is C12H9INO2+. The molecule has 80 valence electrons. The number of aromatic carboxylic acids is 1. The predicted molar refractivity (Wildman–Crippen MR) is 55.0 cm³/mol. The number of carboxylic acid groups (broad SMARTS) is 1. The third kappa shape index (κ3) is 2.57. The van der Waals surface area contributed by atoms with Gasteiger partial charge in [0.25, 0.3) is 0 Å². The summed E-state index contributed by atoms with van der Waals surface area (Å²) < 4.78 is 2.04. The Bertz CT molecular complexity index is 499. The first kappa shape index (κ1) is 11.1. The fraction of sp³-hybridized carbons (Fsp3) is 0. The van der Waals surface area contributed by atoms with Gasteiger partial charge in [-0.05, 0) is 18.2 Å². The van der Waals surface area contributed by atoms with Crippen LogP contribution < -0.4 is 21.2 Å². The molecular weight excluding hydrogens is 317 g/mol. The highest BCUT2D eigenvalue weighted by Gasteiger charge is 2.23. The van der Waals surface area contributed by atoms with Crippen molar-refractivity contribution in [2.75, 3.05) is 0 Å². The highest BCUT2D eigenvalue weighted by atomic mass is 127. The maximum absolute atomic E-state index is 11.0. The standard InChI is InChI=1S/C12H8INO2/c15-12(16)10-6-7-14-8-11(10)13-9-4-2-1-3-5-9/h1-8H/p+1. The number of nitrogens with zero attached hydrogens (tertiary/aromatic N) is 1. The van der Waals surface area contributed by atoms with Crippen LogP contribution in [0.4, 0.5) is 0 Å². The van der Waals surface area contributed by atoms with E-state index in [9.17, 15) is 4.79 Å². The lowest BCUT2D eigenvalue weighted by Crippen LogP contribution is -3.61. The fourth-order valence-electron chi connectivity index (χ4n) is 1.22. The van der Waals surface area contributed by atoms with E-state index >= 15 is 0 Å². The lowest BCUT2D eigenvalue weighted by atomic mass is 10.3. The van der Waals surface area contributed by atoms with Crippen molar-refractivity contribution in [2.24, 2.45) is 0 Å². The Balaban J connectivity index is 2.31. The van der Waals surface area contributed by atoms with Crippen LogP contribution in [0.15, 0.2) is 48.8 Å². The van der Waals surface area contributed by atoms with Crippen LogP contribution in [-0.2, 0) is 0 Å². The van der Waals surface area contributed by atoms with Gasteiger partial charge in [-0.25, -0.2) is 4.79 Å². The maximum atomic E-state index is 11.0. The van der Waals surface area contributed by atoms with E-state index in [1.165, 1.54) is 9.77 Å². The molecule has 0 aliphatic rings. The SMILES string of the molecule is O=C(O)c1ccncc1[I+]c1ccccc1. The number of carboxylic acids is 1. The van der Waals surface area contributed by atoms with Crippen molar-refractivity contribution in [3.8, 4) is 0 Å². The summed E-state index contributed by atoms with van der Waals surface area (Å²) in [5.41, 5.74) is 0.367. The van der Waals surface area contributed by atoms with Crippen molar-refractivity contribution >= 4 is 5.97 Å². The van der Waals surface area contributed by atoms with E-state index in [0.717, 1.165) is 3.57 Å². The predicted octanol–water partition coefficient (Wildman–Crippen LogP) is -1.09. The van der Waals surface area contributed by atoms with Crippen LogP contribution in [0.25, 0.3) is 0 Å². The average molecular weight is 326 g/mol. The van der Waals surface area contributed by atoms with E-state index in [1.807, 2.05) is 30.3 Å². The Labute approximate surface area is 103 Å². The van der Waals surface area contributed by atoms with E-state index in [4.69, 9.17) is 5.11 Å². The molecule has 0 amide bonds. The molecule has 0 saturated carbocycles. The number of carbonyl (C=O) groups is 1. The van der Waals surface area contributed by atoms with Crippen LogP contribution in [0.1, 0.15) is 10.4 Å². The average Bonchev–Trinajstić information content (AvgIpc) is 2.31. The monoisotopic (exact) mass is 326 g/mol. The second kappa shape index (κ2) is 5.07. The zero-order valence-corrected chi connectivity index (χ0v) is 10.5. The Hall–Kier alpha value is -1.43. The maximum Gasteiger partial charge on any atom is 0.360 e. The van der Waals surface area contributed by atoms with Gasteiger partial charge in [-0.1, -0.05) is 18.2 Å². The third-order valence-electron chi connectivity index (χ3n) is 1.95. The first-order valence-corrected chi connectivity index (χ1v) is 6.80. The second-order valence-corrected chi connectivity index (χ2v) is 6.00. The lowest BCUT2D eigenvalue weighted by Gasteiger charge is -1.92. The summed E-state index contributed by atoms with van der Waals surface area (Å²) in [5, 5.41) is 9.03. The van der Waals surface area contributed by atoms with E-state index in [2.05, 4.69) is 4.98 Å². The van der Waals surface area contributed by atoms with Crippen LogP contribution in [0.3, 0.4) is 0 Å². The number of benzene rings is 1. The molecule has 0 atom stereocenters. The van der Waals surface area contributed by atoms with Crippen LogP contribution in [-0.4, -0.2) is 16.1 Å². The molecule has 1 N–H and O–H groups in total. The first-order chi connectivity index (χ1) is 7.77. The largest absolute Gasteiger partial charge is 0.478 e. The molecule has 2 aromatic rings. The number of aromatic nitrogens is 1. The topological polar surface area (TPSA) is 50.2 Å².